The molecule has 0 aliphatic rings. The average Bonchev–Trinajstić information content (AvgIpc) is 2.18. The third-order valence-electron chi connectivity index (χ3n) is 2.15. The third kappa shape index (κ3) is 2.23. The second-order valence-corrected chi connectivity index (χ2v) is 3.35. The van der Waals surface area contributed by atoms with E-state index in [0.717, 1.165) is 16.7 Å². The molecule has 0 aliphatic carbocycles. The van der Waals surface area contributed by atoms with Gasteiger partial charge in [0.2, 0.25) is 0 Å². The number of hydrogen-bond acceptors (Lipinski definition) is 0. The zero-order valence-electron chi connectivity index (χ0n) is 8.88. The van der Waals surface area contributed by atoms with E-state index in [0.29, 0.717) is 0 Å². The predicted octanol–water partition coefficient (Wildman–Crippen LogP) is 4.31. The van der Waals surface area contributed by atoms with E-state index in [9.17, 15) is 0 Å². The quantitative estimate of drug-likeness (QED) is 0.614. The van der Waals surface area contributed by atoms with Crippen LogP contribution >= 0.6 is 0 Å². The summed E-state index contributed by atoms with van der Waals surface area (Å²) in [6, 6.07) is 8.22. The molecule has 0 heteroatoms. The maximum Gasteiger partial charge on any atom is -0.0115 e. The predicted molar refractivity (Wildman–Crippen MR) is 65.0 cm³/mol. The van der Waals surface area contributed by atoms with Crippen LogP contribution in [0, 0.1) is 0 Å². The molecule has 14 heavy (non-hydrogen) atoms. The first-order valence-electron chi connectivity index (χ1n) is 4.73. The van der Waals surface area contributed by atoms with E-state index >= 15 is 0 Å². The second-order valence-electron chi connectivity index (χ2n) is 3.35. The molecular weight excluding hydrogens is 168 g/mol. The monoisotopic (exact) mass is 184 g/mol. The molecule has 0 spiro atoms. The Morgan fingerprint density at radius 3 is 2.43 bits per heavy atom. The zero-order chi connectivity index (χ0) is 10.6. The molecule has 0 saturated carbocycles. The average molecular weight is 184 g/mol. The Balaban J connectivity index is 3.19. The molecule has 0 amide bonds. The van der Waals surface area contributed by atoms with Crippen LogP contribution in [0.2, 0.25) is 0 Å². The van der Waals surface area contributed by atoms with Crippen molar-refractivity contribution >= 4 is 11.6 Å². The molecule has 1 aromatic carbocycles. The van der Waals surface area contributed by atoms with Gasteiger partial charge in [-0.2, -0.15) is 0 Å². The minimum Gasteiger partial charge on any atom is -0.0955 e. The SMILES string of the molecule is C=C(C)C(=C)c1ccccc1/C=C\C. The first-order chi connectivity index (χ1) is 6.66. The number of hydrogen-bond donors (Lipinski definition) is 0. The van der Waals surface area contributed by atoms with E-state index in [2.05, 4.69) is 31.4 Å². The van der Waals surface area contributed by atoms with Gasteiger partial charge in [0.15, 0.2) is 0 Å². The van der Waals surface area contributed by atoms with E-state index in [1.165, 1.54) is 5.56 Å². The van der Waals surface area contributed by atoms with Crippen molar-refractivity contribution in [3.05, 3.63) is 60.2 Å². The van der Waals surface area contributed by atoms with E-state index in [1.807, 2.05) is 32.1 Å². The normalized spacial score (nSPS) is 10.4. The first-order valence-corrected chi connectivity index (χ1v) is 4.73. The minimum absolute atomic E-state index is 1.01. The van der Waals surface area contributed by atoms with E-state index in [4.69, 9.17) is 0 Å². The highest BCUT2D eigenvalue weighted by Gasteiger charge is 2.02. The Labute approximate surface area is 86.3 Å². The third-order valence-corrected chi connectivity index (χ3v) is 2.15. The molecule has 0 bridgehead atoms. The Morgan fingerprint density at radius 2 is 1.86 bits per heavy atom. The van der Waals surface area contributed by atoms with E-state index in [1.54, 1.807) is 0 Å². The summed E-state index contributed by atoms with van der Waals surface area (Å²) in [4.78, 5) is 0. The van der Waals surface area contributed by atoms with Gasteiger partial charge in [-0.05, 0) is 30.5 Å². The van der Waals surface area contributed by atoms with Crippen LogP contribution in [0.4, 0.5) is 0 Å². The van der Waals surface area contributed by atoms with Gasteiger partial charge in [0.05, 0.1) is 0 Å². The maximum atomic E-state index is 4.03. The highest BCUT2D eigenvalue weighted by Crippen LogP contribution is 2.23. The molecule has 0 heterocycles. The molecule has 0 unspecified atom stereocenters. The van der Waals surface area contributed by atoms with Gasteiger partial charge >= 0.3 is 0 Å². The lowest BCUT2D eigenvalue weighted by molar-refractivity contribution is 1.50. The van der Waals surface area contributed by atoms with Crippen LogP contribution in [0.25, 0.3) is 11.6 Å². The molecule has 1 aromatic rings. The molecule has 0 saturated heterocycles. The summed E-state index contributed by atoms with van der Waals surface area (Å²) in [7, 11) is 0. The summed E-state index contributed by atoms with van der Waals surface area (Å²) in [6.07, 6.45) is 4.12. The smallest absolute Gasteiger partial charge is 0.0115 e. The van der Waals surface area contributed by atoms with Gasteiger partial charge in [0.1, 0.15) is 0 Å². The highest BCUT2D eigenvalue weighted by molar-refractivity contribution is 5.81. The summed E-state index contributed by atoms with van der Waals surface area (Å²) in [5, 5.41) is 0. The van der Waals surface area contributed by atoms with Gasteiger partial charge in [-0.15, -0.1) is 0 Å². The first kappa shape index (κ1) is 10.5. The molecule has 0 atom stereocenters. The van der Waals surface area contributed by atoms with Gasteiger partial charge in [0.25, 0.3) is 0 Å². The number of allylic oxidation sites excluding steroid dienone is 3. The van der Waals surface area contributed by atoms with Crippen molar-refractivity contribution in [3.63, 3.8) is 0 Å². The molecule has 0 N–H and O–H groups in total. The van der Waals surface area contributed by atoms with Gasteiger partial charge in [-0.1, -0.05) is 55.1 Å². The largest absolute Gasteiger partial charge is 0.0955 e. The summed E-state index contributed by atoms with van der Waals surface area (Å²) in [5.41, 5.74) is 4.39. The summed E-state index contributed by atoms with van der Waals surface area (Å²) < 4.78 is 0. The van der Waals surface area contributed by atoms with Crippen molar-refractivity contribution in [1.29, 1.82) is 0 Å². The Bertz CT molecular complexity index is 381. The van der Waals surface area contributed by atoms with Crippen LogP contribution in [0.3, 0.4) is 0 Å². The van der Waals surface area contributed by atoms with Crippen LogP contribution in [-0.4, -0.2) is 0 Å². The molecular formula is C14H16. The summed E-state index contributed by atoms with van der Waals surface area (Å²) in [5.74, 6) is 0. The Hall–Kier alpha value is -1.56. The Kier molecular flexibility index (Phi) is 3.47. The fourth-order valence-electron chi connectivity index (χ4n) is 1.33. The lowest BCUT2D eigenvalue weighted by Gasteiger charge is -2.08. The molecule has 0 aliphatic heterocycles. The van der Waals surface area contributed by atoms with E-state index in [-0.39, 0.29) is 0 Å². The summed E-state index contributed by atoms with van der Waals surface area (Å²) in [6.45, 7) is 11.9. The van der Waals surface area contributed by atoms with E-state index < -0.39 is 0 Å². The van der Waals surface area contributed by atoms with Crippen molar-refractivity contribution in [2.45, 2.75) is 13.8 Å². The number of rotatable bonds is 3. The fourth-order valence-corrected chi connectivity index (χ4v) is 1.33. The van der Waals surface area contributed by atoms with Crippen molar-refractivity contribution in [2.75, 3.05) is 0 Å². The van der Waals surface area contributed by atoms with Gasteiger partial charge < -0.3 is 0 Å². The molecule has 0 fully saturated rings. The topological polar surface area (TPSA) is 0 Å². The van der Waals surface area contributed by atoms with Crippen molar-refractivity contribution < 1.29 is 0 Å². The van der Waals surface area contributed by atoms with Crippen LogP contribution in [-0.2, 0) is 0 Å². The number of benzene rings is 1. The van der Waals surface area contributed by atoms with Crippen LogP contribution in [0.15, 0.2) is 49.1 Å². The van der Waals surface area contributed by atoms with Gasteiger partial charge in [-0.3, -0.25) is 0 Å². The van der Waals surface area contributed by atoms with Crippen molar-refractivity contribution in [3.8, 4) is 0 Å². The fraction of sp³-hybridized carbons (Fsp3) is 0.143. The zero-order valence-corrected chi connectivity index (χ0v) is 8.88. The van der Waals surface area contributed by atoms with Gasteiger partial charge in [0, 0.05) is 0 Å². The van der Waals surface area contributed by atoms with Crippen LogP contribution < -0.4 is 0 Å². The summed E-state index contributed by atoms with van der Waals surface area (Å²) >= 11 is 0. The van der Waals surface area contributed by atoms with Crippen molar-refractivity contribution in [1.82, 2.24) is 0 Å². The van der Waals surface area contributed by atoms with Crippen LogP contribution in [0.1, 0.15) is 25.0 Å². The van der Waals surface area contributed by atoms with Crippen LogP contribution in [0.5, 0.6) is 0 Å². The molecule has 0 nitrogen and oxygen atoms in total. The standard InChI is InChI=1S/C14H16/c1-5-8-13-9-6-7-10-14(13)12(4)11(2)3/h5-10H,2,4H2,1,3H3/b8-5-. The molecule has 72 valence electrons. The van der Waals surface area contributed by atoms with Crippen molar-refractivity contribution in [2.24, 2.45) is 0 Å². The maximum absolute atomic E-state index is 4.03. The Morgan fingerprint density at radius 1 is 1.21 bits per heavy atom. The minimum atomic E-state index is 1.01. The lowest BCUT2D eigenvalue weighted by Crippen LogP contribution is -1.87. The van der Waals surface area contributed by atoms with Gasteiger partial charge in [-0.25, -0.2) is 0 Å². The highest BCUT2D eigenvalue weighted by atomic mass is 14.1. The molecule has 0 radical (unpaired) electrons. The second kappa shape index (κ2) is 4.61. The molecule has 1 rings (SSSR count). The lowest BCUT2D eigenvalue weighted by atomic mass is 9.96. The molecule has 0 aromatic heterocycles.